The van der Waals surface area contributed by atoms with Crippen LogP contribution in [0.2, 0.25) is 0 Å². The smallest absolute Gasteiger partial charge is 0.217 e. The highest BCUT2D eigenvalue weighted by Crippen LogP contribution is 2.45. The predicted octanol–water partition coefficient (Wildman–Crippen LogP) is 3.81. The molecule has 1 fully saturated rings. The molecule has 1 aromatic rings. The van der Waals surface area contributed by atoms with Crippen molar-refractivity contribution in [3.63, 3.8) is 0 Å². The standard InChI is InChI=1S/C18H23NO/c1-13(20)19-17-15-9-4-3-7-11-18(17,2)16-10-6-5-8-14(16)12-15/h5-6,8,10,12,17H,3-4,7,9,11H2,1-2H3,(H,19,20). The molecule has 106 valence electrons. The Kier molecular flexibility index (Phi) is 3.41. The third kappa shape index (κ3) is 2.17. The molecule has 2 heteroatoms. The molecule has 1 aromatic carbocycles. The van der Waals surface area contributed by atoms with Crippen LogP contribution in [0.4, 0.5) is 0 Å². The maximum Gasteiger partial charge on any atom is 0.217 e. The molecule has 0 heterocycles. The summed E-state index contributed by atoms with van der Waals surface area (Å²) < 4.78 is 0. The lowest BCUT2D eigenvalue weighted by atomic mass is 9.63. The molecule has 1 N–H and O–H groups in total. The van der Waals surface area contributed by atoms with Gasteiger partial charge in [0.1, 0.15) is 0 Å². The van der Waals surface area contributed by atoms with Gasteiger partial charge in [-0.25, -0.2) is 0 Å². The highest BCUT2D eigenvalue weighted by molar-refractivity contribution is 5.76. The van der Waals surface area contributed by atoms with E-state index in [-0.39, 0.29) is 17.4 Å². The molecule has 20 heavy (non-hydrogen) atoms. The Morgan fingerprint density at radius 3 is 2.85 bits per heavy atom. The second kappa shape index (κ2) is 5.08. The topological polar surface area (TPSA) is 29.1 Å². The van der Waals surface area contributed by atoms with Crippen LogP contribution in [0, 0.1) is 0 Å². The zero-order valence-electron chi connectivity index (χ0n) is 12.4. The van der Waals surface area contributed by atoms with E-state index in [4.69, 9.17) is 0 Å². The lowest BCUT2D eigenvalue weighted by Gasteiger charge is -2.45. The van der Waals surface area contributed by atoms with Crippen LogP contribution in [0.3, 0.4) is 0 Å². The summed E-state index contributed by atoms with van der Waals surface area (Å²) in [4.78, 5) is 11.7. The minimum Gasteiger partial charge on any atom is -0.349 e. The average molecular weight is 269 g/mol. The first-order chi connectivity index (χ1) is 9.61. The summed E-state index contributed by atoms with van der Waals surface area (Å²) in [7, 11) is 0. The molecule has 0 spiro atoms. The SMILES string of the molecule is CC(=O)NC1C2=Cc3ccccc3C1(C)CCCCC2. The van der Waals surface area contributed by atoms with Gasteiger partial charge < -0.3 is 5.32 Å². The molecule has 0 saturated heterocycles. The van der Waals surface area contributed by atoms with E-state index in [2.05, 4.69) is 42.6 Å². The summed E-state index contributed by atoms with van der Waals surface area (Å²) in [6.45, 7) is 3.95. The van der Waals surface area contributed by atoms with E-state index in [0.29, 0.717) is 0 Å². The van der Waals surface area contributed by atoms with Gasteiger partial charge in [0.2, 0.25) is 5.91 Å². The van der Waals surface area contributed by atoms with E-state index in [9.17, 15) is 4.79 Å². The summed E-state index contributed by atoms with van der Waals surface area (Å²) >= 11 is 0. The van der Waals surface area contributed by atoms with Crippen molar-refractivity contribution in [3.8, 4) is 0 Å². The van der Waals surface area contributed by atoms with Crippen molar-refractivity contribution < 1.29 is 4.79 Å². The Morgan fingerprint density at radius 2 is 2.05 bits per heavy atom. The van der Waals surface area contributed by atoms with Crippen LogP contribution in [0.5, 0.6) is 0 Å². The molecule has 2 aliphatic carbocycles. The monoisotopic (exact) mass is 269 g/mol. The normalized spacial score (nSPS) is 28.7. The van der Waals surface area contributed by atoms with Crippen molar-refractivity contribution in [2.75, 3.05) is 0 Å². The minimum atomic E-state index is 0.0345. The molecule has 2 bridgehead atoms. The molecule has 0 aromatic heterocycles. The van der Waals surface area contributed by atoms with Gasteiger partial charge in [-0.3, -0.25) is 4.79 Å². The molecule has 2 atom stereocenters. The van der Waals surface area contributed by atoms with Gasteiger partial charge in [0.25, 0.3) is 0 Å². The number of nitrogens with one attached hydrogen (secondary N) is 1. The minimum absolute atomic E-state index is 0.0345. The lowest BCUT2D eigenvalue weighted by molar-refractivity contribution is -0.119. The first-order valence-corrected chi connectivity index (χ1v) is 7.68. The molecule has 0 aliphatic heterocycles. The zero-order valence-corrected chi connectivity index (χ0v) is 12.4. The molecule has 3 rings (SSSR count). The molecular formula is C18H23NO. The summed E-state index contributed by atoms with van der Waals surface area (Å²) in [5, 5.41) is 3.23. The summed E-state index contributed by atoms with van der Waals surface area (Å²) in [5.41, 5.74) is 4.17. The number of hydrogen-bond donors (Lipinski definition) is 1. The zero-order chi connectivity index (χ0) is 14.2. The first kappa shape index (κ1) is 13.4. The highest BCUT2D eigenvalue weighted by atomic mass is 16.1. The number of carbonyl (C=O) groups excluding carboxylic acids is 1. The van der Waals surface area contributed by atoms with Crippen molar-refractivity contribution in [2.24, 2.45) is 0 Å². The molecule has 2 unspecified atom stereocenters. The fourth-order valence-electron chi connectivity index (χ4n) is 3.94. The van der Waals surface area contributed by atoms with E-state index in [1.807, 2.05) is 0 Å². The van der Waals surface area contributed by atoms with Gasteiger partial charge in [0, 0.05) is 12.3 Å². The van der Waals surface area contributed by atoms with Crippen molar-refractivity contribution in [1.29, 1.82) is 0 Å². The fourth-order valence-corrected chi connectivity index (χ4v) is 3.94. The molecular weight excluding hydrogens is 246 g/mol. The fraction of sp³-hybridized carbons (Fsp3) is 0.500. The maximum atomic E-state index is 11.7. The van der Waals surface area contributed by atoms with Gasteiger partial charge >= 0.3 is 0 Å². The van der Waals surface area contributed by atoms with Crippen LogP contribution >= 0.6 is 0 Å². The third-order valence-corrected chi connectivity index (χ3v) is 4.93. The number of benzene rings is 1. The van der Waals surface area contributed by atoms with Crippen LogP contribution in [-0.4, -0.2) is 11.9 Å². The Balaban J connectivity index is 2.14. The van der Waals surface area contributed by atoms with E-state index in [0.717, 1.165) is 12.8 Å². The van der Waals surface area contributed by atoms with Crippen LogP contribution in [0.1, 0.15) is 57.1 Å². The van der Waals surface area contributed by atoms with Gasteiger partial charge in [-0.1, -0.05) is 50.1 Å². The lowest BCUT2D eigenvalue weighted by Crippen LogP contribution is -2.51. The van der Waals surface area contributed by atoms with Crippen LogP contribution in [0.15, 0.2) is 29.8 Å². The van der Waals surface area contributed by atoms with E-state index >= 15 is 0 Å². The number of amides is 1. The van der Waals surface area contributed by atoms with Gasteiger partial charge in [-0.15, -0.1) is 0 Å². The largest absolute Gasteiger partial charge is 0.349 e. The summed E-state index contributed by atoms with van der Waals surface area (Å²) in [6, 6.07) is 8.83. The van der Waals surface area contributed by atoms with E-state index in [1.54, 1.807) is 6.92 Å². The number of carbonyl (C=O) groups is 1. The summed E-state index contributed by atoms with van der Waals surface area (Å²) in [6.07, 6.45) is 8.33. The molecule has 2 aliphatic rings. The quantitative estimate of drug-likeness (QED) is 0.825. The maximum absolute atomic E-state index is 11.7. The first-order valence-electron chi connectivity index (χ1n) is 7.68. The Hall–Kier alpha value is -1.57. The second-order valence-electron chi connectivity index (χ2n) is 6.42. The number of rotatable bonds is 1. The highest BCUT2D eigenvalue weighted by Gasteiger charge is 2.42. The second-order valence-corrected chi connectivity index (χ2v) is 6.42. The van der Waals surface area contributed by atoms with Gasteiger partial charge in [-0.2, -0.15) is 0 Å². The van der Waals surface area contributed by atoms with Crippen LogP contribution < -0.4 is 5.32 Å². The van der Waals surface area contributed by atoms with Crippen molar-refractivity contribution in [3.05, 3.63) is 41.0 Å². The Labute approximate surface area is 121 Å². The molecule has 2 nitrogen and oxygen atoms in total. The Morgan fingerprint density at radius 1 is 1.25 bits per heavy atom. The van der Waals surface area contributed by atoms with Gasteiger partial charge in [-0.05, 0) is 36.0 Å². The summed E-state index contributed by atoms with van der Waals surface area (Å²) in [5.74, 6) is 0.0760. The average Bonchev–Trinajstić information content (AvgIpc) is 2.42. The molecule has 1 amide bonds. The Bertz CT molecular complexity index is 560. The predicted molar refractivity (Wildman–Crippen MR) is 82.5 cm³/mol. The van der Waals surface area contributed by atoms with Crippen molar-refractivity contribution >= 4 is 12.0 Å². The third-order valence-electron chi connectivity index (χ3n) is 4.93. The van der Waals surface area contributed by atoms with Crippen LogP contribution in [0.25, 0.3) is 6.08 Å². The van der Waals surface area contributed by atoms with E-state index in [1.165, 1.54) is 36.0 Å². The van der Waals surface area contributed by atoms with Gasteiger partial charge in [0.15, 0.2) is 0 Å². The number of hydrogen-bond acceptors (Lipinski definition) is 1. The van der Waals surface area contributed by atoms with Crippen molar-refractivity contribution in [1.82, 2.24) is 5.32 Å². The van der Waals surface area contributed by atoms with Crippen molar-refractivity contribution in [2.45, 2.75) is 57.4 Å². The van der Waals surface area contributed by atoms with Gasteiger partial charge in [0.05, 0.1) is 6.04 Å². The molecule has 0 radical (unpaired) electrons. The number of fused-ring (bicyclic) bond motifs is 4. The van der Waals surface area contributed by atoms with E-state index < -0.39 is 0 Å². The van der Waals surface area contributed by atoms with Crippen LogP contribution in [-0.2, 0) is 10.2 Å². The molecule has 1 saturated carbocycles.